The summed E-state index contributed by atoms with van der Waals surface area (Å²) < 4.78 is 24.5. The molecule has 3 N–H and O–H groups in total. The zero-order valence-corrected chi connectivity index (χ0v) is 12.7. The normalized spacial score (nSPS) is 12.8. The van der Waals surface area contributed by atoms with Gasteiger partial charge in [0.2, 0.25) is 0 Å². The predicted octanol–water partition coefficient (Wildman–Crippen LogP) is 1.61. The minimum atomic E-state index is -3.38. The minimum absolute atomic E-state index is 0.0950. The number of hydrogen-bond acceptors (Lipinski definition) is 4. The van der Waals surface area contributed by atoms with E-state index in [1.54, 1.807) is 54.6 Å². The summed E-state index contributed by atoms with van der Waals surface area (Å²) in [6.45, 7) is 0. The summed E-state index contributed by atoms with van der Waals surface area (Å²) in [7, 11) is -3.38. The van der Waals surface area contributed by atoms with E-state index in [4.69, 9.17) is 10.8 Å². The van der Waals surface area contributed by atoms with E-state index >= 15 is 0 Å². The average molecular weight is 319 g/mol. The summed E-state index contributed by atoms with van der Waals surface area (Å²) in [6.07, 6.45) is 0.209. The van der Waals surface area contributed by atoms with Crippen molar-refractivity contribution >= 4 is 15.8 Å². The van der Waals surface area contributed by atoms with Gasteiger partial charge in [0.25, 0.3) is 0 Å². The standard InChI is InChI=1S/C16H17NO4S/c17-15(16(18)19)10-12-6-8-13(9-7-12)11-22(20,21)14-4-2-1-3-5-14/h1-9,15H,10-11,17H2,(H,18,19)/t15-/m0/s1. The molecule has 2 aromatic carbocycles. The second kappa shape index (κ2) is 6.72. The second-order valence-corrected chi connectivity index (χ2v) is 7.03. The van der Waals surface area contributed by atoms with Crippen LogP contribution in [0.25, 0.3) is 0 Å². The molecule has 0 spiro atoms. The lowest BCUT2D eigenvalue weighted by Crippen LogP contribution is -2.32. The average Bonchev–Trinajstić information content (AvgIpc) is 2.50. The molecule has 0 saturated carbocycles. The van der Waals surface area contributed by atoms with Crippen LogP contribution in [0.2, 0.25) is 0 Å². The summed E-state index contributed by atoms with van der Waals surface area (Å²) in [5.74, 6) is -1.15. The minimum Gasteiger partial charge on any atom is -0.480 e. The molecule has 0 aliphatic heterocycles. The van der Waals surface area contributed by atoms with Gasteiger partial charge in [0.1, 0.15) is 6.04 Å². The van der Waals surface area contributed by atoms with E-state index in [2.05, 4.69) is 0 Å². The third-order valence-corrected chi connectivity index (χ3v) is 4.96. The Bertz CT molecular complexity index is 739. The van der Waals surface area contributed by atoms with Gasteiger partial charge in [-0.05, 0) is 29.7 Å². The lowest BCUT2D eigenvalue weighted by molar-refractivity contribution is -0.138. The van der Waals surface area contributed by atoms with Gasteiger partial charge in [-0.2, -0.15) is 0 Å². The zero-order valence-electron chi connectivity index (χ0n) is 11.8. The summed E-state index contributed by atoms with van der Waals surface area (Å²) in [4.78, 5) is 11.0. The zero-order chi connectivity index (χ0) is 16.2. The summed E-state index contributed by atoms with van der Waals surface area (Å²) in [5.41, 5.74) is 6.88. The van der Waals surface area contributed by atoms with E-state index < -0.39 is 21.8 Å². The van der Waals surface area contributed by atoms with Crippen LogP contribution in [0.5, 0.6) is 0 Å². The molecule has 0 aliphatic rings. The third-order valence-electron chi connectivity index (χ3n) is 3.25. The summed E-state index contributed by atoms with van der Waals surface area (Å²) in [5, 5.41) is 8.77. The maximum Gasteiger partial charge on any atom is 0.320 e. The highest BCUT2D eigenvalue weighted by Gasteiger charge is 2.15. The number of nitrogens with two attached hydrogens (primary N) is 1. The molecule has 6 heteroatoms. The van der Waals surface area contributed by atoms with Crippen molar-refractivity contribution in [2.75, 3.05) is 0 Å². The molecule has 0 saturated heterocycles. The Balaban J connectivity index is 2.10. The molecule has 0 fully saturated rings. The molecular weight excluding hydrogens is 302 g/mol. The van der Waals surface area contributed by atoms with Gasteiger partial charge in [-0.1, -0.05) is 42.5 Å². The van der Waals surface area contributed by atoms with Gasteiger partial charge >= 0.3 is 5.97 Å². The van der Waals surface area contributed by atoms with Crippen molar-refractivity contribution in [2.45, 2.75) is 23.1 Å². The highest BCUT2D eigenvalue weighted by atomic mass is 32.2. The molecular formula is C16H17NO4S. The Morgan fingerprint density at radius 2 is 1.55 bits per heavy atom. The Labute approximate surface area is 129 Å². The smallest absolute Gasteiger partial charge is 0.320 e. The Morgan fingerprint density at radius 1 is 1.00 bits per heavy atom. The fraction of sp³-hybridized carbons (Fsp3) is 0.188. The van der Waals surface area contributed by atoms with Crippen molar-refractivity contribution in [3.63, 3.8) is 0 Å². The maximum absolute atomic E-state index is 12.3. The third kappa shape index (κ3) is 4.16. The van der Waals surface area contributed by atoms with Crippen molar-refractivity contribution in [3.05, 3.63) is 65.7 Å². The van der Waals surface area contributed by atoms with Gasteiger partial charge in [0, 0.05) is 0 Å². The van der Waals surface area contributed by atoms with Crippen LogP contribution in [0.3, 0.4) is 0 Å². The highest BCUT2D eigenvalue weighted by Crippen LogP contribution is 2.16. The molecule has 2 rings (SSSR count). The molecule has 5 nitrogen and oxygen atoms in total. The van der Waals surface area contributed by atoms with Crippen LogP contribution in [0, 0.1) is 0 Å². The second-order valence-electron chi connectivity index (χ2n) is 5.04. The summed E-state index contributed by atoms with van der Waals surface area (Å²) >= 11 is 0. The first-order valence-corrected chi connectivity index (χ1v) is 8.38. The molecule has 0 bridgehead atoms. The molecule has 0 aromatic heterocycles. The van der Waals surface area contributed by atoms with Crippen molar-refractivity contribution in [3.8, 4) is 0 Å². The first-order valence-electron chi connectivity index (χ1n) is 6.72. The van der Waals surface area contributed by atoms with Crippen molar-refractivity contribution < 1.29 is 18.3 Å². The fourth-order valence-corrected chi connectivity index (χ4v) is 3.41. The van der Waals surface area contributed by atoms with Crippen molar-refractivity contribution in [1.82, 2.24) is 0 Å². The molecule has 22 heavy (non-hydrogen) atoms. The Morgan fingerprint density at radius 3 is 2.09 bits per heavy atom. The van der Waals surface area contributed by atoms with E-state index in [1.807, 2.05) is 0 Å². The molecule has 1 atom stereocenters. The number of benzene rings is 2. The number of carboxylic acids is 1. The first kappa shape index (κ1) is 16.2. The predicted molar refractivity (Wildman–Crippen MR) is 83.1 cm³/mol. The van der Waals surface area contributed by atoms with Gasteiger partial charge in [0.05, 0.1) is 10.6 Å². The van der Waals surface area contributed by atoms with Crippen LogP contribution in [0.1, 0.15) is 11.1 Å². The van der Waals surface area contributed by atoms with Gasteiger partial charge in [-0.25, -0.2) is 8.42 Å². The van der Waals surface area contributed by atoms with E-state index in [-0.39, 0.29) is 17.1 Å². The van der Waals surface area contributed by atoms with Crippen LogP contribution in [-0.2, 0) is 26.8 Å². The van der Waals surface area contributed by atoms with E-state index in [0.717, 1.165) is 5.56 Å². The number of sulfone groups is 1. The fourth-order valence-electron chi connectivity index (χ4n) is 2.04. The molecule has 0 heterocycles. The highest BCUT2D eigenvalue weighted by molar-refractivity contribution is 7.90. The molecule has 0 aliphatic carbocycles. The molecule has 0 radical (unpaired) electrons. The Hall–Kier alpha value is -2.18. The van der Waals surface area contributed by atoms with Crippen LogP contribution in [-0.4, -0.2) is 25.5 Å². The number of rotatable bonds is 6. The summed E-state index contributed by atoms with van der Waals surface area (Å²) in [6, 6.07) is 14.1. The van der Waals surface area contributed by atoms with E-state index in [0.29, 0.717) is 5.56 Å². The lowest BCUT2D eigenvalue weighted by Gasteiger charge is -2.08. The van der Waals surface area contributed by atoms with Crippen molar-refractivity contribution in [1.29, 1.82) is 0 Å². The van der Waals surface area contributed by atoms with Crippen LogP contribution < -0.4 is 5.73 Å². The van der Waals surface area contributed by atoms with Gasteiger partial charge in [0.15, 0.2) is 9.84 Å². The Kier molecular flexibility index (Phi) is 4.95. The first-order chi connectivity index (χ1) is 10.4. The van der Waals surface area contributed by atoms with Gasteiger partial charge in [-0.15, -0.1) is 0 Å². The molecule has 0 unspecified atom stereocenters. The topological polar surface area (TPSA) is 97.5 Å². The van der Waals surface area contributed by atoms with E-state index in [9.17, 15) is 13.2 Å². The molecule has 0 amide bonds. The largest absolute Gasteiger partial charge is 0.480 e. The maximum atomic E-state index is 12.3. The molecule has 2 aromatic rings. The number of carboxylic acid groups (broad SMARTS) is 1. The van der Waals surface area contributed by atoms with E-state index in [1.165, 1.54) is 0 Å². The van der Waals surface area contributed by atoms with Crippen molar-refractivity contribution in [2.24, 2.45) is 5.73 Å². The monoisotopic (exact) mass is 319 g/mol. The SMILES string of the molecule is N[C@@H](Cc1ccc(CS(=O)(=O)c2ccccc2)cc1)C(=O)O. The quantitative estimate of drug-likeness (QED) is 0.843. The lowest BCUT2D eigenvalue weighted by atomic mass is 10.1. The van der Waals surface area contributed by atoms with Crippen LogP contribution in [0.15, 0.2) is 59.5 Å². The van der Waals surface area contributed by atoms with Crippen LogP contribution >= 0.6 is 0 Å². The van der Waals surface area contributed by atoms with Gasteiger partial charge in [-0.3, -0.25) is 4.79 Å². The number of aliphatic carboxylic acids is 1. The number of hydrogen-bond donors (Lipinski definition) is 2. The van der Waals surface area contributed by atoms with Crippen LogP contribution in [0.4, 0.5) is 0 Å². The molecule has 116 valence electrons. The number of carbonyl (C=O) groups is 1. The van der Waals surface area contributed by atoms with Gasteiger partial charge < -0.3 is 10.8 Å².